The third-order valence-electron chi connectivity index (χ3n) is 3.34. The summed E-state index contributed by atoms with van der Waals surface area (Å²) in [4.78, 5) is 2.26. The van der Waals surface area contributed by atoms with Crippen LogP contribution < -0.4 is 10.2 Å². The summed E-state index contributed by atoms with van der Waals surface area (Å²) in [5, 5.41) is 13.2. The Kier molecular flexibility index (Phi) is 4.02. The van der Waals surface area contributed by atoms with E-state index in [0.717, 1.165) is 13.0 Å². The zero-order valence-electron chi connectivity index (χ0n) is 10.7. The minimum atomic E-state index is -0.286. The molecule has 0 aromatic heterocycles. The first-order valence-corrected chi connectivity index (χ1v) is 6.44. The van der Waals surface area contributed by atoms with Gasteiger partial charge in [-0.25, -0.2) is 0 Å². The summed E-state index contributed by atoms with van der Waals surface area (Å²) in [6.45, 7) is 6.66. The Labute approximate surface area is 103 Å². The maximum atomic E-state index is 9.84. The standard InChI is InChI=1S/C14H22N2O/c1-3-12-4-6-13(7-5-12)16-9-11(2)15-8-14(17)10-16/h4-7,11,14-15,17H,3,8-10H2,1-2H3. The van der Waals surface area contributed by atoms with E-state index in [9.17, 15) is 5.11 Å². The highest BCUT2D eigenvalue weighted by molar-refractivity contribution is 5.48. The lowest BCUT2D eigenvalue weighted by Gasteiger charge is -2.25. The Morgan fingerprint density at radius 1 is 1.29 bits per heavy atom. The van der Waals surface area contributed by atoms with Crippen LogP contribution in [0.1, 0.15) is 19.4 Å². The van der Waals surface area contributed by atoms with Crippen LogP contribution >= 0.6 is 0 Å². The normalized spacial score (nSPS) is 25.7. The molecule has 2 unspecified atom stereocenters. The molecule has 1 aromatic rings. The van der Waals surface area contributed by atoms with Crippen LogP contribution in [0.3, 0.4) is 0 Å². The zero-order valence-corrected chi connectivity index (χ0v) is 10.7. The molecule has 0 amide bonds. The van der Waals surface area contributed by atoms with Crippen molar-refractivity contribution in [2.24, 2.45) is 0 Å². The molecule has 0 saturated carbocycles. The number of hydrogen-bond donors (Lipinski definition) is 2. The second-order valence-corrected chi connectivity index (χ2v) is 4.89. The first kappa shape index (κ1) is 12.4. The molecule has 3 nitrogen and oxygen atoms in total. The number of β-amino-alcohol motifs (C(OH)–C–C–N with tert-alkyl or cyclic N) is 1. The maximum absolute atomic E-state index is 9.84. The first-order chi connectivity index (χ1) is 8.19. The van der Waals surface area contributed by atoms with Crippen LogP contribution in [0.15, 0.2) is 24.3 Å². The Bertz CT molecular complexity index is 338. The minimum absolute atomic E-state index is 0.286. The lowest BCUT2D eigenvalue weighted by molar-refractivity contribution is 0.183. The number of aryl methyl sites for hydroxylation is 1. The number of anilines is 1. The van der Waals surface area contributed by atoms with E-state index in [0.29, 0.717) is 19.1 Å². The Hall–Kier alpha value is -1.06. The van der Waals surface area contributed by atoms with Crippen LogP contribution in [0.4, 0.5) is 5.69 Å². The smallest absolute Gasteiger partial charge is 0.0839 e. The SMILES string of the molecule is CCc1ccc(N2CC(O)CNC(C)C2)cc1. The van der Waals surface area contributed by atoms with E-state index in [4.69, 9.17) is 0 Å². The molecule has 1 aliphatic heterocycles. The molecule has 1 fully saturated rings. The van der Waals surface area contributed by atoms with Crippen molar-refractivity contribution in [2.75, 3.05) is 24.5 Å². The number of benzene rings is 1. The Morgan fingerprint density at radius 3 is 2.65 bits per heavy atom. The van der Waals surface area contributed by atoms with Gasteiger partial charge in [0.25, 0.3) is 0 Å². The highest BCUT2D eigenvalue weighted by Crippen LogP contribution is 2.17. The largest absolute Gasteiger partial charge is 0.390 e. The van der Waals surface area contributed by atoms with Crippen molar-refractivity contribution in [3.8, 4) is 0 Å². The third kappa shape index (κ3) is 3.20. The van der Waals surface area contributed by atoms with Crippen molar-refractivity contribution in [3.63, 3.8) is 0 Å². The van der Waals surface area contributed by atoms with Crippen molar-refractivity contribution in [1.29, 1.82) is 0 Å². The lowest BCUT2D eigenvalue weighted by atomic mass is 10.1. The molecule has 0 bridgehead atoms. The topological polar surface area (TPSA) is 35.5 Å². The number of nitrogens with zero attached hydrogens (tertiary/aromatic N) is 1. The van der Waals surface area contributed by atoms with Crippen LogP contribution in [0.2, 0.25) is 0 Å². The highest BCUT2D eigenvalue weighted by Gasteiger charge is 2.19. The average Bonchev–Trinajstić information content (AvgIpc) is 2.51. The molecule has 3 heteroatoms. The monoisotopic (exact) mass is 234 g/mol. The van der Waals surface area contributed by atoms with Gasteiger partial charge >= 0.3 is 0 Å². The van der Waals surface area contributed by atoms with Gasteiger partial charge in [-0.3, -0.25) is 0 Å². The minimum Gasteiger partial charge on any atom is -0.390 e. The molecule has 1 heterocycles. The van der Waals surface area contributed by atoms with E-state index in [1.54, 1.807) is 0 Å². The third-order valence-corrected chi connectivity index (χ3v) is 3.34. The second kappa shape index (κ2) is 5.52. The number of rotatable bonds is 2. The number of nitrogens with one attached hydrogen (secondary N) is 1. The molecule has 1 saturated heterocycles. The highest BCUT2D eigenvalue weighted by atomic mass is 16.3. The van der Waals surface area contributed by atoms with Crippen LogP contribution in [0.25, 0.3) is 0 Å². The van der Waals surface area contributed by atoms with Crippen LogP contribution in [-0.4, -0.2) is 36.9 Å². The molecule has 0 radical (unpaired) electrons. The zero-order chi connectivity index (χ0) is 12.3. The molecule has 17 heavy (non-hydrogen) atoms. The molecule has 0 aliphatic carbocycles. The fraction of sp³-hybridized carbons (Fsp3) is 0.571. The van der Waals surface area contributed by atoms with Gasteiger partial charge in [0, 0.05) is 31.4 Å². The molecular weight excluding hydrogens is 212 g/mol. The van der Waals surface area contributed by atoms with Crippen molar-refractivity contribution in [2.45, 2.75) is 32.4 Å². The lowest BCUT2D eigenvalue weighted by Crippen LogP contribution is -2.35. The number of hydrogen-bond acceptors (Lipinski definition) is 3. The van der Waals surface area contributed by atoms with Gasteiger partial charge in [-0.15, -0.1) is 0 Å². The molecular formula is C14H22N2O. The van der Waals surface area contributed by atoms with Gasteiger partial charge in [0.2, 0.25) is 0 Å². The number of aliphatic hydroxyl groups is 1. The summed E-state index contributed by atoms with van der Waals surface area (Å²) in [7, 11) is 0. The van der Waals surface area contributed by atoms with Gasteiger partial charge in [0.1, 0.15) is 0 Å². The second-order valence-electron chi connectivity index (χ2n) is 4.89. The predicted molar refractivity (Wildman–Crippen MR) is 71.5 cm³/mol. The van der Waals surface area contributed by atoms with E-state index >= 15 is 0 Å². The van der Waals surface area contributed by atoms with Gasteiger partial charge in [-0.05, 0) is 31.0 Å². The average molecular weight is 234 g/mol. The summed E-state index contributed by atoms with van der Waals surface area (Å²) in [5.41, 5.74) is 2.56. The van der Waals surface area contributed by atoms with Gasteiger partial charge in [0.15, 0.2) is 0 Å². The van der Waals surface area contributed by atoms with Gasteiger partial charge in [-0.1, -0.05) is 19.1 Å². The molecule has 1 aliphatic rings. The summed E-state index contributed by atoms with van der Waals surface area (Å²) in [5.74, 6) is 0. The first-order valence-electron chi connectivity index (χ1n) is 6.44. The van der Waals surface area contributed by atoms with Crippen molar-refractivity contribution >= 4 is 5.69 Å². The fourth-order valence-corrected chi connectivity index (χ4v) is 2.28. The van der Waals surface area contributed by atoms with E-state index < -0.39 is 0 Å². The summed E-state index contributed by atoms with van der Waals surface area (Å²) in [6.07, 6.45) is 0.784. The van der Waals surface area contributed by atoms with Crippen LogP contribution in [0, 0.1) is 0 Å². The Morgan fingerprint density at radius 2 is 2.00 bits per heavy atom. The quantitative estimate of drug-likeness (QED) is 0.812. The molecule has 2 N–H and O–H groups in total. The van der Waals surface area contributed by atoms with Gasteiger partial charge in [-0.2, -0.15) is 0 Å². The molecule has 2 rings (SSSR count). The van der Waals surface area contributed by atoms with Crippen molar-refractivity contribution < 1.29 is 5.11 Å². The fourth-order valence-electron chi connectivity index (χ4n) is 2.28. The van der Waals surface area contributed by atoms with Gasteiger partial charge in [0.05, 0.1) is 6.10 Å². The van der Waals surface area contributed by atoms with Crippen molar-refractivity contribution in [3.05, 3.63) is 29.8 Å². The predicted octanol–water partition coefficient (Wildman–Crippen LogP) is 1.41. The van der Waals surface area contributed by atoms with Crippen LogP contribution in [0.5, 0.6) is 0 Å². The molecule has 94 valence electrons. The number of aliphatic hydroxyl groups excluding tert-OH is 1. The van der Waals surface area contributed by atoms with Crippen molar-refractivity contribution in [1.82, 2.24) is 5.32 Å². The summed E-state index contributed by atoms with van der Waals surface area (Å²) in [6, 6.07) is 9.07. The maximum Gasteiger partial charge on any atom is 0.0839 e. The Balaban J connectivity index is 2.12. The van der Waals surface area contributed by atoms with Gasteiger partial charge < -0.3 is 15.3 Å². The van der Waals surface area contributed by atoms with Crippen LogP contribution in [-0.2, 0) is 6.42 Å². The summed E-state index contributed by atoms with van der Waals surface area (Å²) >= 11 is 0. The molecule has 0 spiro atoms. The van der Waals surface area contributed by atoms with E-state index in [1.165, 1.54) is 11.3 Å². The van der Waals surface area contributed by atoms with E-state index in [-0.39, 0.29) is 6.10 Å². The van der Waals surface area contributed by atoms with E-state index in [2.05, 4.69) is 48.3 Å². The molecule has 1 aromatic carbocycles. The molecule has 2 atom stereocenters. The summed E-state index contributed by atoms with van der Waals surface area (Å²) < 4.78 is 0. The van der Waals surface area contributed by atoms with E-state index in [1.807, 2.05) is 0 Å².